The molecule has 0 saturated carbocycles. The van der Waals surface area contributed by atoms with E-state index in [9.17, 15) is 4.79 Å². The van der Waals surface area contributed by atoms with Crippen molar-refractivity contribution in [2.75, 3.05) is 31.6 Å². The van der Waals surface area contributed by atoms with Crippen LogP contribution in [0.3, 0.4) is 0 Å². The molecule has 0 aliphatic carbocycles. The molecule has 1 atom stereocenters. The molecule has 0 aromatic carbocycles. The highest BCUT2D eigenvalue weighted by molar-refractivity contribution is 5.94. The standard InChI is InChI=1S/C16H25N3O2/c1-3-10-21-14-6-5-9-19(12-14)16(20)13-7-8-15(17-4-2)18-11-13/h7-8,11,14H,3-6,9-10,12H2,1-2H3,(H,17,18). The second kappa shape index (κ2) is 7.98. The molecule has 21 heavy (non-hydrogen) atoms. The maximum absolute atomic E-state index is 12.5. The van der Waals surface area contributed by atoms with Crippen LogP contribution in [0.5, 0.6) is 0 Å². The van der Waals surface area contributed by atoms with Crippen LogP contribution in [0.4, 0.5) is 5.82 Å². The Kier molecular flexibility index (Phi) is 5.99. The number of piperidine rings is 1. The van der Waals surface area contributed by atoms with Gasteiger partial charge in [-0.05, 0) is 38.3 Å². The lowest BCUT2D eigenvalue weighted by molar-refractivity contribution is 0.00210. The molecule has 5 nitrogen and oxygen atoms in total. The average Bonchev–Trinajstić information content (AvgIpc) is 2.53. The molecule has 5 heteroatoms. The van der Waals surface area contributed by atoms with E-state index in [2.05, 4.69) is 17.2 Å². The first-order valence-corrected chi connectivity index (χ1v) is 7.85. The van der Waals surface area contributed by atoms with Crippen LogP contribution in [-0.4, -0.2) is 48.1 Å². The monoisotopic (exact) mass is 291 g/mol. The molecule has 1 fully saturated rings. The van der Waals surface area contributed by atoms with E-state index in [0.29, 0.717) is 12.1 Å². The molecule has 0 bridgehead atoms. The van der Waals surface area contributed by atoms with Gasteiger partial charge in [0.1, 0.15) is 5.82 Å². The molecule has 2 rings (SSSR count). The van der Waals surface area contributed by atoms with Gasteiger partial charge in [-0.15, -0.1) is 0 Å². The summed E-state index contributed by atoms with van der Waals surface area (Å²) in [7, 11) is 0. The van der Waals surface area contributed by atoms with Gasteiger partial charge in [0.25, 0.3) is 5.91 Å². The predicted octanol–water partition coefficient (Wildman–Crippen LogP) is 2.54. The van der Waals surface area contributed by atoms with E-state index in [1.165, 1.54) is 0 Å². The molecule has 1 aliphatic rings. The Morgan fingerprint density at radius 3 is 3.00 bits per heavy atom. The van der Waals surface area contributed by atoms with Crippen LogP contribution < -0.4 is 5.32 Å². The van der Waals surface area contributed by atoms with Crippen molar-refractivity contribution in [2.45, 2.75) is 39.2 Å². The fourth-order valence-electron chi connectivity index (χ4n) is 2.53. The lowest BCUT2D eigenvalue weighted by Crippen LogP contribution is -2.43. The Labute approximate surface area is 126 Å². The highest BCUT2D eigenvalue weighted by Crippen LogP contribution is 2.16. The van der Waals surface area contributed by atoms with Crippen LogP contribution in [-0.2, 0) is 4.74 Å². The van der Waals surface area contributed by atoms with Crippen molar-refractivity contribution in [1.82, 2.24) is 9.88 Å². The fourth-order valence-corrected chi connectivity index (χ4v) is 2.53. The van der Waals surface area contributed by atoms with Crippen molar-refractivity contribution in [3.05, 3.63) is 23.9 Å². The number of hydrogen-bond acceptors (Lipinski definition) is 4. The third-order valence-electron chi connectivity index (χ3n) is 3.59. The lowest BCUT2D eigenvalue weighted by atomic mass is 10.1. The van der Waals surface area contributed by atoms with Crippen molar-refractivity contribution in [3.8, 4) is 0 Å². The van der Waals surface area contributed by atoms with Gasteiger partial charge in [-0.1, -0.05) is 6.92 Å². The smallest absolute Gasteiger partial charge is 0.255 e. The van der Waals surface area contributed by atoms with E-state index in [1.807, 2.05) is 24.0 Å². The Hall–Kier alpha value is -1.62. The van der Waals surface area contributed by atoms with Gasteiger partial charge in [0.2, 0.25) is 0 Å². The van der Waals surface area contributed by atoms with Crippen molar-refractivity contribution >= 4 is 11.7 Å². The van der Waals surface area contributed by atoms with Gasteiger partial charge in [0, 0.05) is 32.4 Å². The first-order chi connectivity index (χ1) is 10.2. The van der Waals surface area contributed by atoms with Gasteiger partial charge in [0.05, 0.1) is 11.7 Å². The predicted molar refractivity (Wildman–Crippen MR) is 83.6 cm³/mol. The second-order valence-electron chi connectivity index (χ2n) is 5.35. The van der Waals surface area contributed by atoms with E-state index in [0.717, 1.165) is 44.8 Å². The molecule has 1 aromatic heterocycles. The van der Waals surface area contributed by atoms with Gasteiger partial charge in [-0.3, -0.25) is 4.79 Å². The average molecular weight is 291 g/mol. The number of aromatic nitrogens is 1. The molecule has 0 radical (unpaired) electrons. The van der Waals surface area contributed by atoms with Gasteiger partial charge in [-0.25, -0.2) is 4.98 Å². The number of nitrogens with zero attached hydrogens (tertiary/aromatic N) is 2. The summed E-state index contributed by atoms with van der Waals surface area (Å²) in [4.78, 5) is 18.6. The highest BCUT2D eigenvalue weighted by atomic mass is 16.5. The molecule has 1 N–H and O–H groups in total. The third-order valence-corrected chi connectivity index (χ3v) is 3.59. The number of amides is 1. The Bertz CT molecular complexity index is 447. The van der Waals surface area contributed by atoms with Gasteiger partial charge in [-0.2, -0.15) is 0 Å². The summed E-state index contributed by atoms with van der Waals surface area (Å²) in [5.41, 5.74) is 0.646. The van der Waals surface area contributed by atoms with Crippen LogP contribution in [0.1, 0.15) is 43.5 Å². The Morgan fingerprint density at radius 1 is 1.48 bits per heavy atom. The maximum Gasteiger partial charge on any atom is 0.255 e. The lowest BCUT2D eigenvalue weighted by Gasteiger charge is -2.32. The minimum absolute atomic E-state index is 0.0512. The quantitative estimate of drug-likeness (QED) is 0.875. The molecular formula is C16H25N3O2. The molecule has 0 spiro atoms. The minimum Gasteiger partial charge on any atom is -0.376 e. The van der Waals surface area contributed by atoms with Crippen LogP contribution in [0.25, 0.3) is 0 Å². The molecular weight excluding hydrogens is 266 g/mol. The first-order valence-electron chi connectivity index (χ1n) is 7.85. The van der Waals surface area contributed by atoms with E-state index in [4.69, 9.17) is 4.74 Å². The number of rotatable bonds is 6. The van der Waals surface area contributed by atoms with Crippen LogP contribution in [0.2, 0.25) is 0 Å². The van der Waals surface area contributed by atoms with E-state index < -0.39 is 0 Å². The molecule has 1 unspecified atom stereocenters. The molecule has 2 heterocycles. The van der Waals surface area contributed by atoms with E-state index in [-0.39, 0.29) is 12.0 Å². The maximum atomic E-state index is 12.5. The van der Waals surface area contributed by atoms with Crippen LogP contribution in [0.15, 0.2) is 18.3 Å². The fraction of sp³-hybridized carbons (Fsp3) is 0.625. The number of ether oxygens (including phenoxy) is 1. The zero-order chi connectivity index (χ0) is 15.1. The van der Waals surface area contributed by atoms with Crippen molar-refractivity contribution in [2.24, 2.45) is 0 Å². The summed E-state index contributed by atoms with van der Waals surface area (Å²) in [6.45, 7) is 7.20. The SMILES string of the molecule is CCCOC1CCCN(C(=O)c2ccc(NCC)nc2)C1. The molecule has 1 aromatic rings. The summed E-state index contributed by atoms with van der Waals surface area (Å²) < 4.78 is 5.78. The summed E-state index contributed by atoms with van der Waals surface area (Å²) in [5.74, 6) is 0.854. The van der Waals surface area contributed by atoms with Crippen molar-refractivity contribution in [3.63, 3.8) is 0 Å². The zero-order valence-electron chi connectivity index (χ0n) is 13.0. The van der Waals surface area contributed by atoms with E-state index in [1.54, 1.807) is 6.20 Å². The highest BCUT2D eigenvalue weighted by Gasteiger charge is 2.24. The van der Waals surface area contributed by atoms with Crippen LogP contribution in [0, 0.1) is 0 Å². The first kappa shape index (κ1) is 15.8. The van der Waals surface area contributed by atoms with Crippen molar-refractivity contribution < 1.29 is 9.53 Å². The molecule has 1 saturated heterocycles. The normalized spacial score (nSPS) is 18.6. The third kappa shape index (κ3) is 4.43. The number of pyridine rings is 1. The number of hydrogen-bond donors (Lipinski definition) is 1. The topological polar surface area (TPSA) is 54.5 Å². The van der Waals surface area contributed by atoms with Gasteiger partial charge in [0.15, 0.2) is 0 Å². The van der Waals surface area contributed by atoms with E-state index >= 15 is 0 Å². The molecule has 1 aliphatic heterocycles. The Morgan fingerprint density at radius 2 is 2.33 bits per heavy atom. The number of likely N-dealkylation sites (tertiary alicyclic amines) is 1. The van der Waals surface area contributed by atoms with Crippen molar-refractivity contribution in [1.29, 1.82) is 0 Å². The van der Waals surface area contributed by atoms with Crippen LogP contribution >= 0.6 is 0 Å². The van der Waals surface area contributed by atoms with Gasteiger partial charge >= 0.3 is 0 Å². The number of nitrogens with one attached hydrogen (secondary N) is 1. The largest absolute Gasteiger partial charge is 0.376 e. The number of carbonyl (C=O) groups excluding carboxylic acids is 1. The number of carbonyl (C=O) groups is 1. The minimum atomic E-state index is 0.0512. The molecule has 116 valence electrons. The zero-order valence-corrected chi connectivity index (χ0v) is 13.0. The second-order valence-corrected chi connectivity index (χ2v) is 5.35. The summed E-state index contributed by atoms with van der Waals surface area (Å²) in [6.07, 6.45) is 4.89. The Balaban J connectivity index is 1.95. The van der Waals surface area contributed by atoms with Gasteiger partial charge < -0.3 is 15.0 Å². The summed E-state index contributed by atoms with van der Waals surface area (Å²) in [6, 6.07) is 3.69. The number of anilines is 1. The molecule has 1 amide bonds. The summed E-state index contributed by atoms with van der Waals surface area (Å²) in [5, 5.41) is 3.13. The summed E-state index contributed by atoms with van der Waals surface area (Å²) >= 11 is 0.